The molecule has 0 amide bonds. The fraction of sp³-hybridized carbons (Fsp3) is 0.500. The van der Waals surface area contributed by atoms with Gasteiger partial charge < -0.3 is 10.1 Å². The van der Waals surface area contributed by atoms with Gasteiger partial charge in [0.15, 0.2) is 0 Å². The van der Waals surface area contributed by atoms with E-state index in [1.165, 1.54) is 17.4 Å². The minimum atomic E-state index is -3.68. The average molecular weight is 339 g/mol. The molecule has 1 aromatic rings. The first-order valence-corrected chi connectivity index (χ1v) is 8.35. The molecule has 1 aliphatic heterocycles. The lowest BCUT2D eigenvalue weighted by atomic mass is 10.3. The summed E-state index contributed by atoms with van der Waals surface area (Å²) in [6.45, 7) is 2.25. The molecule has 1 aliphatic rings. The van der Waals surface area contributed by atoms with Gasteiger partial charge in [0.05, 0.1) is 22.8 Å². The first-order valence-electron chi connectivity index (χ1n) is 6.15. The Morgan fingerprint density at radius 1 is 1.45 bits per heavy atom. The van der Waals surface area contributed by atoms with E-state index < -0.39 is 10.0 Å². The van der Waals surface area contributed by atoms with Crippen molar-refractivity contribution in [1.82, 2.24) is 9.62 Å². The molecule has 112 valence electrons. The van der Waals surface area contributed by atoms with Gasteiger partial charge in [-0.15, -0.1) is 0 Å². The Labute approximate surface area is 128 Å². The fourth-order valence-electron chi connectivity index (χ4n) is 1.97. The maximum atomic E-state index is 12.5. The van der Waals surface area contributed by atoms with Crippen LogP contribution in [0, 0.1) is 0 Å². The van der Waals surface area contributed by atoms with Crippen molar-refractivity contribution in [1.29, 1.82) is 0 Å². The largest absolute Gasteiger partial charge is 0.374 e. The van der Waals surface area contributed by atoms with Crippen molar-refractivity contribution in [3.8, 4) is 0 Å². The minimum absolute atomic E-state index is 0.0120. The van der Waals surface area contributed by atoms with Gasteiger partial charge >= 0.3 is 0 Å². The highest BCUT2D eigenvalue weighted by Crippen LogP contribution is 2.30. The topological polar surface area (TPSA) is 58.6 Å². The fourth-order valence-corrected chi connectivity index (χ4v) is 3.91. The summed E-state index contributed by atoms with van der Waals surface area (Å²) in [5, 5.41) is 3.42. The minimum Gasteiger partial charge on any atom is -0.374 e. The molecular weight excluding hydrogens is 323 g/mol. The third-order valence-corrected chi connectivity index (χ3v) is 5.87. The molecule has 0 aliphatic carbocycles. The number of likely N-dealkylation sites (N-methyl/N-ethyl adjacent to an activating group) is 1. The van der Waals surface area contributed by atoms with Crippen LogP contribution in [-0.2, 0) is 14.8 Å². The number of ether oxygens (including phenoxy) is 1. The molecule has 0 aromatic heterocycles. The standard InChI is InChI=1S/C12H16Cl2N2O3S/c1-16(8-9-7-15-5-6-19-9)20(17,18)11-4-2-3-10(13)12(11)14/h2-4,9,15H,5-8H2,1H3. The number of benzene rings is 1. The van der Waals surface area contributed by atoms with Crippen molar-refractivity contribution in [2.24, 2.45) is 0 Å². The number of sulfonamides is 1. The second-order valence-electron chi connectivity index (χ2n) is 4.53. The summed E-state index contributed by atoms with van der Waals surface area (Å²) in [4.78, 5) is 0.0120. The molecule has 0 bridgehead atoms. The third kappa shape index (κ3) is 3.44. The molecule has 20 heavy (non-hydrogen) atoms. The van der Waals surface area contributed by atoms with E-state index in [4.69, 9.17) is 27.9 Å². The molecular formula is C12H16Cl2N2O3S. The Bertz CT molecular complexity index is 574. The van der Waals surface area contributed by atoms with Crippen molar-refractivity contribution < 1.29 is 13.2 Å². The summed E-state index contributed by atoms with van der Waals surface area (Å²) in [6.07, 6.45) is -0.165. The van der Waals surface area contributed by atoms with Crippen LogP contribution in [0.4, 0.5) is 0 Å². The van der Waals surface area contributed by atoms with Crippen LogP contribution in [0.25, 0.3) is 0 Å². The van der Waals surface area contributed by atoms with Crippen molar-refractivity contribution in [3.63, 3.8) is 0 Å². The van der Waals surface area contributed by atoms with Crippen LogP contribution in [0.1, 0.15) is 0 Å². The number of nitrogens with one attached hydrogen (secondary N) is 1. The van der Waals surface area contributed by atoms with E-state index in [9.17, 15) is 8.42 Å². The van der Waals surface area contributed by atoms with E-state index in [1.807, 2.05) is 0 Å². The van der Waals surface area contributed by atoms with Gasteiger partial charge in [0, 0.05) is 26.7 Å². The van der Waals surface area contributed by atoms with Gasteiger partial charge in [0.2, 0.25) is 10.0 Å². The van der Waals surface area contributed by atoms with Crippen molar-refractivity contribution in [2.75, 3.05) is 33.3 Å². The Balaban J connectivity index is 2.18. The number of rotatable bonds is 4. The van der Waals surface area contributed by atoms with Crippen molar-refractivity contribution in [2.45, 2.75) is 11.0 Å². The molecule has 1 fully saturated rings. The molecule has 1 heterocycles. The average Bonchev–Trinajstić information content (AvgIpc) is 2.42. The summed E-state index contributed by atoms with van der Waals surface area (Å²) in [5.41, 5.74) is 0. The van der Waals surface area contributed by atoms with Crippen LogP contribution in [0.15, 0.2) is 23.1 Å². The molecule has 5 nitrogen and oxygen atoms in total. The van der Waals surface area contributed by atoms with Gasteiger partial charge in [-0.3, -0.25) is 0 Å². The monoisotopic (exact) mass is 338 g/mol. The predicted molar refractivity (Wildman–Crippen MR) is 78.9 cm³/mol. The van der Waals surface area contributed by atoms with Gasteiger partial charge in [-0.05, 0) is 12.1 Å². The van der Waals surface area contributed by atoms with E-state index in [-0.39, 0.29) is 27.6 Å². The Kier molecular flexibility index (Phi) is 5.28. The summed E-state index contributed by atoms with van der Waals surface area (Å²) in [7, 11) is -2.18. The molecule has 1 saturated heterocycles. The van der Waals surface area contributed by atoms with Crippen LogP contribution >= 0.6 is 23.2 Å². The lowest BCUT2D eigenvalue weighted by Gasteiger charge is -2.27. The van der Waals surface area contributed by atoms with Gasteiger partial charge in [-0.25, -0.2) is 8.42 Å². The van der Waals surface area contributed by atoms with Gasteiger partial charge in [-0.1, -0.05) is 29.3 Å². The van der Waals surface area contributed by atoms with E-state index in [2.05, 4.69) is 5.32 Å². The van der Waals surface area contributed by atoms with Crippen LogP contribution in [0.3, 0.4) is 0 Å². The zero-order valence-electron chi connectivity index (χ0n) is 11.0. The Morgan fingerprint density at radius 3 is 2.85 bits per heavy atom. The molecule has 0 radical (unpaired) electrons. The summed E-state index contributed by atoms with van der Waals surface area (Å²) in [5.74, 6) is 0. The molecule has 0 saturated carbocycles. The summed E-state index contributed by atoms with van der Waals surface area (Å²) >= 11 is 11.9. The second-order valence-corrected chi connectivity index (χ2v) is 7.33. The second kappa shape index (κ2) is 6.60. The maximum Gasteiger partial charge on any atom is 0.244 e. The predicted octanol–water partition coefficient (Wildman–Crippen LogP) is 1.60. The number of halogens is 2. The van der Waals surface area contributed by atoms with E-state index in [1.54, 1.807) is 12.1 Å². The summed E-state index contributed by atoms with van der Waals surface area (Å²) < 4.78 is 31.7. The molecule has 1 unspecified atom stereocenters. The van der Waals surface area contributed by atoms with Gasteiger partial charge in [0.25, 0.3) is 0 Å². The lowest BCUT2D eigenvalue weighted by molar-refractivity contribution is 0.0206. The van der Waals surface area contributed by atoms with Crippen LogP contribution in [-0.4, -0.2) is 52.1 Å². The van der Waals surface area contributed by atoms with Crippen LogP contribution < -0.4 is 5.32 Å². The Hall–Kier alpha value is -0.370. The molecule has 1 atom stereocenters. The molecule has 1 aromatic carbocycles. The van der Waals surface area contributed by atoms with Crippen LogP contribution in [0.5, 0.6) is 0 Å². The molecule has 1 N–H and O–H groups in total. The Morgan fingerprint density at radius 2 is 2.20 bits per heavy atom. The highest BCUT2D eigenvalue weighted by atomic mass is 35.5. The number of hydrogen-bond acceptors (Lipinski definition) is 4. The zero-order valence-corrected chi connectivity index (χ0v) is 13.3. The number of hydrogen-bond donors (Lipinski definition) is 1. The van der Waals surface area contributed by atoms with Gasteiger partial charge in [0.1, 0.15) is 4.90 Å². The molecule has 8 heteroatoms. The van der Waals surface area contributed by atoms with Crippen molar-refractivity contribution in [3.05, 3.63) is 28.2 Å². The quantitative estimate of drug-likeness (QED) is 0.905. The normalized spacial score (nSPS) is 20.3. The summed E-state index contributed by atoms with van der Waals surface area (Å²) in [6, 6.07) is 4.56. The maximum absolute atomic E-state index is 12.5. The zero-order chi connectivity index (χ0) is 14.8. The third-order valence-electron chi connectivity index (χ3n) is 3.07. The lowest BCUT2D eigenvalue weighted by Crippen LogP contribution is -2.45. The number of nitrogens with zero attached hydrogens (tertiary/aromatic N) is 1. The molecule has 0 spiro atoms. The highest BCUT2D eigenvalue weighted by molar-refractivity contribution is 7.89. The van der Waals surface area contributed by atoms with Crippen LogP contribution in [0.2, 0.25) is 10.0 Å². The smallest absolute Gasteiger partial charge is 0.244 e. The van der Waals surface area contributed by atoms with Gasteiger partial charge in [-0.2, -0.15) is 4.31 Å². The first kappa shape index (κ1) is 16.0. The molecule has 2 rings (SSSR count). The van der Waals surface area contributed by atoms with E-state index >= 15 is 0 Å². The highest BCUT2D eigenvalue weighted by Gasteiger charge is 2.27. The van der Waals surface area contributed by atoms with E-state index in [0.29, 0.717) is 13.2 Å². The van der Waals surface area contributed by atoms with Crippen molar-refractivity contribution >= 4 is 33.2 Å². The number of morpholine rings is 1. The SMILES string of the molecule is CN(CC1CNCCO1)S(=O)(=O)c1cccc(Cl)c1Cl. The van der Waals surface area contributed by atoms with E-state index in [0.717, 1.165) is 6.54 Å². The first-order chi connectivity index (χ1) is 9.43.